The van der Waals surface area contributed by atoms with Crippen molar-refractivity contribution in [2.75, 3.05) is 27.3 Å². The molecule has 1 aliphatic rings. The average molecular weight is 425 g/mol. The van der Waals surface area contributed by atoms with E-state index < -0.39 is 23.4 Å². The number of imide groups is 1. The lowest BCUT2D eigenvalue weighted by atomic mass is 9.87. The van der Waals surface area contributed by atoms with Gasteiger partial charge in [-0.05, 0) is 36.1 Å². The molecule has 31 heavy (non-hydrogen) atoms. The number of nitrogens with zero attached hydrogens (tertiary/aromatic N) is 1. The van der Waals surface area contributed by atoms with E-state index in [0.29, 0.717) is 36.4 Å². The topological polar surface area (TPSA) is 97.0 Å². The number of rotatable bonds is 9. The SMILES string of the molecule is CCC1(c2ccccc2)NC(=O)N(CC(=O)NCCc2ccc(OC)c(OC)c2)C1=O. The van der Waals surface area contributed by atoms with E-state index in [9.17, 15) is 14.4 Å². The molecule has 1 fully saturated rings. The van der Waals surface area contributed by atoms with Crippen LogP contribution < -0.4 is 20.1 Å². The fourth-order valence-electron chi connectivity index (χ4n) is 3.71. The van der Waals surface area contributed by atoms with Crippen molar-refractivity contribution in [2.45, 2.75) is 25.3 Å². The van der Waals surface area contributed by atoms with Crippen molar-refractivity contribution in [3.8, 4) is 11.5 Å². The number of urea groups is 1. The van der Waals surface area contributed by atoms with Gasteiger partial charge in [0, 0.05) is 6.54 Å². The Morgan fingerprint density at radius 2 is 1.77 bits per heavy atom. The summed E-state index contributed by atoms with van der Waals surface area (Å²) in [6.45, 7) is 1.86. The van der Waals surface area contributed by atoms with E-state index in [2.05, 4.69) is 10.6 Å². The molecular formula is C23H27N3O5. The van der Waals surface area contributed by atoms with Crippen LogP contribution in [0.5, 0.6) is 11.5 Å². The maximum Gasteiger partial charge on any atom is 0.325 e. The third-order valence-electron chi connectivity index (χ3n) is 5.46. The van der Waals surface area contributed by atoms with Gasteiger partial charge in [0.15, 0.2) is 11.5 Å². The van der Waals surface area contributed by atoms with E-state index in [1.807, 2.05) is 37.3 Å². The number of nitrogens with one attached hydrogen (secondary N) is 2. The zero-order chi connectivity index (χ0) is 22.4. The molecule has 0 bridgehead atoms. The second-order valence-electron chi connectivity index (χ2n) is 7.24. The average Bonchev–Trinajstić information content (AvgIpc) is 3.04. The van der Waals surface area contributed by atoms with Crippen LogP contribution in [0.25, 0.3) is 0 Å². The first-order valence-electron chi connectivity index (χ1n) is 10.1. The molecular weight excluding hydrogens is 398 g/mol. The Labute approximate surface area is 181 Å². The monoisotopic (exact) mass is 425 g/mol. The van der Waals surface area contributed by atoms with E-state index in [-0.39, 0.29) is 6.54 Å². The van der Waals surface area contributed by atoms with Crippen molar-refractivity contribution in [2.24, 2.45) is 0 Å². The van der Waals surface area contributed by atoms with Crippen molar-refractivity contribution in [1.82, 2.24) is 15.5 Å². The van der Waals surface area contributed by atoms with E-state index in [1.54, 1.807) is 32.4 Å². The number of hydrogen-bond acceptors (Lipinski definition) is 5. The molecule has 2 N–H and O–H groups in total. The summed E-state index contributed by atoms with van der Waals surface area (Å²) in [5.41, 5.74) is 0.521. The zero-order valence-corrected chi connectivity index (χ0v) is 17.9. The number of amides is 4. The summed E-state index contributed by atoms with van der Waals surface area (Å²) in [7, 11) is 3.13. The molecule has 8 nitrogen and oxygen atoms in total. The van der Waals surface area contributed by atoms with Crippen LogP contribution >= 0.6 is 0 Å². The molecule has 0 spiro atoms. The van der Waals surface area contributed by atoms with E-state index in [1.165, 1.54) is 0 Å². The van der Waals surface area contributed by atoms with Crippen molar-refractivity contribution in [3.05, 3.63) is 59.7 Å². The molecule has 1 unspecified atom stereocenters. The van der Waals surface area contributed by atoms with Crippen molar-refractivity contribution in [1.29, 1.82) is 0 Å². The van der Waals surface area contributed by atoms with Crippen LogP contribution in [0.2, 0.25) is 0 Å². The van der Waals surface area contributed by atoms with Gasteiger partial charge in [0.1, 0.15) is 12.1 Å². The predicted molar refractivity (Wildman–Crippen MR) is 115 cm³/mol. The van der Waals surface area contributed by atoms with Crippen molar-refractivity contribution >= 4 is 17.8 Å². The summed E-state index contributed by atoms with van der Waals surface area (Å²) >= 11 is 0. The maximum atomic E-state index is 13.1. The summed E-state index contributed by atoms with van der Waals surface area (Å²) in [6.07, 6.45) is 0.953. The van der Waals surface area contributed by atoms with Crippen LogP contribution in [0.15, 0.2) is 48.5 Å². The summed E-state index contributed by atoms with van der Waals surface area (Å²) in [5.74, 6) is 0.430. The number of benzene rings is 2. The molecule has 2 aromatic carbocycles. The summed E-state index contributed by atoms with van der Waals surface area (Å²) in [6, 6.07) is 14.0. The second kappa shape index (κ2) is 9.51. The Hall–Kier alpha value is -3.55. The van der Waals surface area contributed by atoms with Crippen LogP contribution in [0, 0.1) is 0 Å². The van der Waals surface area contributed by atoms with Crippen LogP contribution in [0.3, 0.4) is 0 Å². The molecule has 164 valence electrons. The highest BCUT2D eigenvalue weighted by Crippen LogP contribution is 2.32. The van der Waals surface area contributed by atoms with Gasteiger partial charge in [-0.1, -0.05) is 43.3 Å². The zero-order valence-electron chi connectivity index (χ0n) is 17.9. The minimum Gasteiger partial charge on any atom is -0.493 e. The molecule has 0 saturated carbocycles. The summed E-state index contributed by atoms with van der Waals surface area (Å²) < 4.78 is 10.5. The van der Waals surface area contributed by atoms with Gasteiger partial charge in [0.25, 0.3) is 5.91 Å². The summed E-state index contributed by atoms with van der Waals surface area (Å²) in [4.78, 5) is 38.9. The molecule has 2 aromatic rings. The van der Waals surface area contributed by atoms with Gasteiger partial charge in [-0.15, -0.1) is 0 Å². The van der Waals surface area contributed by atoms with Crippen LogP contribution in [-0.2, 0) is 21.5 Å². The molecule has 3 rings (SSSR count). The molecule has 1 atom stereocenters. The molecule has 1 heterocycles. The fraction of sp³-hybridized carbons (Fsp3) is 0.348. The van der Waals surface area contributed by atoms with E-state index >= 15 is 0 Å². The number of carbonyl (C=O) groups excluding carboxylic acids is 3. The molecule has 0 aliphatic carbocycles. The van der Waals surface area contributed by atoms with Crippen molar-refractivity contribution in [3.63, 3.8) is 0 Å². The number of ether oxygens (including phenoxy) is 2. The van der Waals surface area contributed by atoms with Gasteiger partial charge < -0.3 is 20.1 Å². The highest BCUT2D eigenvalue weighted by atomic mass is 16.5. The van der Waals surface area contributed by atoms with Gasteiger partial charge in [-0.2, -0.15) is 0 Å². The minimum atomic E-state index is -1.14. The highest BCUT2D eigenvalue weighted by Gasteiger charge is 2.51. The quantitative estimate of drug-likeness (QED) is 0.601. The smallest absolute Gasteiger partial charge is 0.325 e. The molecule has 0 aromatic heterocycles. The first-order valence-corrected chi connectivity index (χ1v) is 10.1. The van der Waals surface area contributed by atoms with Crippen LogP contribution in [0.4, 0.5) is 4.79 Å². The number of hydrogen-bond donors (Lipinski definition) is 2. The van der Waals surface area contributed by atoms with Crippen LogP contribution in [-0.4, -0.2) is 50.1 Å². The number of carbonyl (C=O) groups is 3. The van der Waals surface area contributed by atoms with Gasteiger partial charge in [-0.3, -0.25) is 14.5 Å². The first kappa shape index (κ1) is 22.1. The molecule has 1 aliphatic heterocycles. The standard InChI is InChI=1S/C23H27N3O5/c1-4-23(17-8-6-5-7-9-17)21(28)26(22(29)25-23)15-20(27)24-13-12-16-10-11-18(30-2)19(14-16)31-3/h5-11,14H,4,12-13,15H2,1-3H3,(H,24,27)(H,25,29). The maximum absolute atomic E-state index is 13.1. The lowest BCUT2D eigenvalue weighted by Crippen LogP contribution is -2.45. The van der Waals surface area contributed by atoms with Crippen LogP contribution in [0.1, 0.15) is 24.5 Å². The van der Waals surface area contributed by atoms with Gasteiger partial charge in [0.2, 0.25) is 5.91 Å². The Morgan fingerprint density at radius 3 is 2.42 bits per heavy atom. The fourth-order valence-corrected chi connectivity index (χ4v) is 3.71. The summed E-state index contributed by atoms with van der Waals surface area (Å²) in [5, 5.41) is 5.54. The molecule has 8 heteroatoms. The normalized spacial score (nSPS) is 18.0. The highest BCUT2D eigenvalue weighted by molar-refractivity contribution is 6.09. The Balaban J connectivity index is 1.59. The molecule has 1 saturated heterocycles. The lowest BCUT2D eigenvalue weighted by molar-refractivity contribution is -0.135. The number of methoxy groups -OCH3 is 2. The second-order valence-corrected chi connectivity index (χ2v) is 7.24. The predicted octanol–water partition coefficient (Wildman–Crippen LogP) is 2.22. The Bertz CT molecular complexity index is 963. The van der Waals surface area contributed by atoms with Gasteiger partial charge in [0.05, 0.1) is 14.2 Å². The van der Waals surface area contributed by atoms with Gasteiger partial charge in [-0.25, -0.2) is 4.79 Å². The van der Waals surface area contributed by atoms with E-state index in [4.69, 9.17) is 9.47 Å². The molecule has 4 amide bonds. The third kappa shape index (κ3) is 4.47. The largest absolute Gasteiger partial charge is 0.493 e. The van der Waals surface area contributed by atoms with E-state index in [0.717, 1.165) is 10.5 Å². The Kier molecular flexibility index (Phi) is 6.79. The lowest BCUT2D eigenvalue weighted by Gasteiger charge is -2.25. The van der Waals surface area contributed by atoms with Crippen molar-refractivity contribution < 1.29 is 23.9 Å². The minimum absolute atomic E-state index is 0.328. The first-order chi connectivity index (χ1) is 14.9. The van der Waals surface area contributed by atoms with Gasteiger partial charge >= 0.3 is 6.03 Å². The molecule has 0 radical (unpaired) electrons. The Morgan fingerprint density at radius 1 is 1.06 bits per heavy atom. The third-order valence-corrected chi connectivity index (χ3v) is 5.46.